The summed E-state index contributed by atoms with van der Waals surface area (Å²) < 4.78 is 2.34. The van der Waals surface area contributed by atoms with E-state index < -0.39 is 5.97 Å². The van der Waals surface area contributed by atoms with Crippen LogP contribution in [0.2, 0.25) is 0 Å². The van der Waals surface area contributed by atoms with Crippen LogP contribution in [-0.4, -0.2) is 25.8 Å². The maximum atomic E-state index is 10.8. The molecule has 0 amide bonds. The average Bonchev–Trinajstić information content (AvgIpc) is 2.69. The number of aromatic nitrogens is 3. The van der Waals surface area contributed by atoms with Crippen molar-refractivity contribution in [1.29, 1.82) is 0 Å². The van der Waals surface area contributed by atoms with Gasteiger partial charge in [-0.3, -0.25) is 4.57 Å². The smallest absolute Gasteiger partial charge is 0.335 e. The third-order valence-corrected chi connectivity index (χ3v) is 2.30. The summed E-state index contributed by atoms with van der Waals surface area (Å²) in [5.74, 6) is -0.967. The molecule has 0 radical (unpaired) electrons. The van der Waals surface area contributed by atoms with Gasteiger partial charge in [0.1, 0.15) is 12.7 Å². The number of carbonyl (C=O) groups is 1. The van der Waals surface area contributed by atoms with Gasteiger partial charge in [0, 0.05) is 4.47 Å². The quantitative estimate of drug-likeness (QED) is 0.900. The molecule has 5 nitrogen and oxygen atoms in total. The first kappa shape index (κ1) is 9.85. The number of carboxylic acids is 1. The minimum Gasteiger partial charge on any atom is -0.478 e. The molecule has 1 N–H and O–H groups in total. The third-order valence-electron chi connectivity index (χ3n) is 1.85. The van der Waals surface area contributed by atoms with E-state index >= 15 is 0 Å². The first-order chi connectivity index (χ1) is 7.16. The fraction of sp³-hybridized carbons (Fsp3) is 0. The Morgan fingerprint density at radius 2 is 1.93 bits per heavy atom. The topological polar surface area (TPSA) is 68.0 Å². The zero-order valence-corrected chi connectivity index (χ0v) is 9.05. The Morgan fingerprint density at radius 3 is 2.53 bits per heavy atom. The normalized spacial score (nSPS) is 10.2. The molecule has 0 aliphatic rings. The Bertz CT molecular complexity index is 496. The van der Waals surface area contributed by atoms with Gasteiger partial charge >= 0.3 is 5.97 Å². The SMILES string of the molecule is O=C(O)c1cc(Br)cc(-n2cnnc2)c1. The van der Waals surface area contributed by atoms with E-state index in [1.807, 2.05) is 0 Å². The molecule has 76 valence electrons. The molecule has 1 heterocycles. The minimum atomic E-state index is -0.967. The molecule has 0 aliphatic carbocycles. The van der Waals surface area contributed by atoms with Crippen LogP contribution in [0.1, 0.15) is 10.4 Å². The molecule has 1 aromatic heterocycles. The lowest BCUT2D eigenvalue weighted by molar-refractivity contribution is 0.0697. The van der Waals surface area contributed by atoms with Gasteiger partial charge in [-0.05, 0) is 18.2 Å². The number of nitrogens with zero attached hydrogens (tertiary/aromatic N) is 3. The first-order valence-corrected chi connectivity index (χ1v) is 4.85. The highest BCUT2D eigenvalue weighted by atomic mass is 79.9. The third kappa shape index (κ3) is 2.04. The second-order valence-electron chi connectivity index (χ2n) is 2.87. The van der Waals surface area contributed by atoms with Gasteiger partial charge in [0.05, 0.1) is 11.3 Å². The number of halogens is 1. The van der Waals surface area contributed by atoms with E-state index in [0.717, 1.165) is 0 Å². The Kier molecular flexibility index (Phi) is 2.51. The molecule has 1 aromatic carbocycles. The molecule has 2 rings (SSSR count). The zero-order chi connectivity index (χ0) is 10.8. The molecule has 0 unspecified atom stereocenters. The van der Waals surface area contributed by atoms with Crippen LogP contribution in [0.5, 0.6) is 0 Å². The zero-order valence-electron chi connectivity index (χ0n) is 7.46. The van der Waals surface area contributed by atoms with Gasteiger partial charge < -0.3 is 5.11 Å². The van der Waals surface area contributed by atoms with Crippen LogP contribution >= 0.6 is 15.9 Å². The molecule has 6 heteroatoms. The van der Waals surface area contributed by atoms with Crippen LogP contribution < -0.4 is 0 Å². The van der Waals surface area contributed by atoms with Crippen molar-refractivity contribution < 1.29 is 9.90 Å². The van der Waals surface area contributed by atoms with Crippen LogP contribution in [-0.2, 0) is 0 Å². The summed E-state index contributed by atoms with van der Waals surface area (Å²) in [6.07, 6.45) is 3.01. The van der Waals surface area contributed by atoms with Crippen molar-refractivity contribution in [2.24, 2.45) is 0 Å². The van der Waals surface area contributed by atoms with Crippen molar-refractivity contribution in [3.63, 3.8) is 0 Å². The van der Waals surface area contributed by atoms with E-state index in [-0.39, 0.29) is 5.56 Å². The van der Waals surface area contributed by atoms with E-state index in [4.69, 9.17) is 5.11 Å². The highest BCUT2D eigenvalue weighted by Crippen LogP contribution is 2.18. The van der Waals surface area contributed by atoms with E-state index in [1.165, 1.54) is 18.7 Å². The average molecular weight is 268 g/mol. The Balaban J connectivity index is 2.54. The molecule has 0 atom stereocenters. The molecular formula is C9H6BrN3O2. The molecule has 15 heavy (non-hydrogen) atoms. The summed E-state index contributed by atoms with van der Waals surface area (Å²) in [5.41, 5.74) is 0.917. The molecule has 0 saturated carbocycles. The lowest BCUT2D eigenvalue weighted by Crippen LogP contribution is -1.99. The lowest BCUT2D eigenvalue weighted by Gasteiger charge is -2.03. The van der Waals surface area contributed by atoms with Crippen molar-refractivity contribution in [3.05, 3.63) is 40.9 Å². The Morgan fingerprint density at radius 1 is 1.27 bits per heavy atom. The summed E-state index contributed by atoms with van der Waals surface area (Å²) in [6.45, 7) is 0. The first-order valence-electron chi connectivity index (χ1n) is 4.06. The van der Waals surface area contributed by atoms with Crippen LogP contribution in [0, 0.1) is 0 Å². The Labute approximate surface area is 93.5 Å². The number of hydrogen-bond donors (Lipinski definition) is 1. The number of benzene rings is 1. The largest absolute Gasteiger partial charge is 0.478 e. The lowest BCUT2D eigenvalue weighted by atomic mass is 10.2. The van der Waals surface area contributed by atoms with Crippen molar-refractivity contribution >= 4 is 21.9 Å². The second-order valence-corrected chi connectivity index (χ2v) is 3.79. The van der Waals surface area contributed by atoms with E-state index in [9.17, 15) is 4.79 Å². The van der Waals surface area contributed by atoms with E-state index in [1.54, 1.807) is 16.7 Å². The van der Waals surface area contributed by atoms with Crippen LogP contribution in [0.15, 0.2) is 35.3 Å². The van der Waals surface area contributed by atoms with Crippen LogP contribution in [0.3, 0.4) is 0 Å². The highest BCUT2D eigenvalue weighted by molar-refractivity contribution is 9.10. The summed E-state index contributed by atoms with van der Waals surface area (Å²) in [7, 11) is 0. The summed E-state index contributed by atoms with van der Waals surface area (Å²) in [6, 6.07) is 4.88. The van der Waals surface area contributed by atoms with Gasteiger partial charge in [0.25, 0.3) is 0 Å². The predicted octanol–water partition coefficient (Wildman–Crippen LogP) is 1.73. The molecule has 0 spiro atoms. The van der Waals surface area contributed by atoms with Crippen LogP contribution in [0.4, 0.5) is 0 Å². The van der Waals surface area contributed by atoms with Crippen molar-refractivity contribution in [2.45, 2.75) is 0 Å². The molecule has 2 aromatic rings. The van der Waals surface area contributed by atoms with Gasteiger partial charge in [-0.1, -0.05) is 15.9 Å². The standard InChI is InChI=1S/C9H6BrN3O2/c10-7-1-6(9(14)15)2-8(3-7)13-4-11-12-5-13/h1-5H,(H,14,15). The number of carboxylic acid groups (broad SMARTS) is 1. The highest BCUT2D eigenvalue weighted by Gasteiger charge is 2.06. The Hall–Kier alpha value is -1.69. The minimum absolute atomic E-state index is 0.216. The van der Waals surface area contributed by atoms with Crippen molar-refractivity contribution in [3.8, 4) is 5.69 Å². The predicted molar refractivity (Wildman–Crippen MR) is 56.0 cm³/mol. The summed E-state index contributed by atoms with van der Waals surface area (Å²) in [4.78, 5) is 10.8. The monoisotopic (exact) mass is 267 g/mol. The van der Waals surface area contributed by atoms with Gasteiger partial charge in [-0.15, -0.1) is 10.2 Å². The molecular weight excluding hydrogens is 262 g/mol. The fourth-order valence-electron chi connectivity index (χ4n) is 1.18. The van der Waals surface area contributed by atoms with Gasteiger partial charge in [-0.2, -0.15) is 0 Å². The second kappa shape index (κ2) is 3.82. The molecule has 0 fully saturated rings. The number of aromatic carboxylic acids is 1. The van der Waals surface area contributed by atoms with Crippen molar-refractivity contribution in [2.75, 3.05) is 0 Å². The van der Waals surface area contributed by atoms with E-state index in [0.29, 0.717) is 10.2 Å². The van der Waals surface area contributed by atoms with Gasteiger partial charge in [-0.25, -0.2) is 4.79 Å². The van der Waals surface area contributed by atoms with Crippen molar-refractivity contribution in [1.82, 2.24) is 14.8 Å². The summed E-state index contributed by atoms with van der Waals surface area (Å²) in [5, 5.41) is 16.2. The van der Waals surface area contributed by atoms with E-state index in [2.05, 4.69) is 26.1 Å². The van der Waals surface area contributed by atoms with Gasteiger partial charge in [0.2, 0.25) is 0 Å². The maximum Gasteiger partial charge on any atom is 0.335 e. The molecule has 0 bridgehead atoms. The van der Waals surface area contributed by atoms with Crippen LogP contribution in [0.25, 0.3) is 5.69 Å². The fourth-order valence-corrected chi connectivity index (χ4v) is 1.66. The number of rotatable bonds is 2. The maximum absolute atomic E-state index is 10.8. The number of hydrogen-bond acceptors (Lipinski definition) is 3. The van der Waals surface area contributed by atoms with Gasteiger partial charge in [0.15, 0.2) is 0 Å². The molecule has 0 aliphatic heterocycles. The molecule has 0 saturated heterocycles. The summed E-state index contributed by atoms with van der Waals surface area (Å²) >= 11 is 3.25.